The number of halogens is 4. The maximum absolute atomic E-state index is 13.5. The Morgan fingerprint density at radius 2 is 2.00 bits per heavy atom. The monoisotopic (exact) mass is 356 g/mol. The highest BCUT2D eigenvalue weighted by Crippen LogP contribution is 2.44. The number of rotatable bonds is 4. The Balaban J connectivity index is 1.98. The molecule has 1 fully saturated rings. The third-order valence-corrected chi connectivity index (χ3v) is 3.93. The standard InChI is InChI=1S/C15H12F4N4O2/c16-8-5-14(6-8,10-3-1-2-4-20-10)23-13-21-7-9(12(24)25)11(22-13)15(17,18)19/h1-4,7-8H,5-6H2,(H,24,25)(H,21,22,23). The van der Waals surface area contributed by atoms with Crippen LogP contribution < -0.4 is 5.32 Å². The van der Waals surface area contributed by atoms with Gasteiger partial charge in [0.1, 0.15) is 11.7 Å². The van der Waals surface area contributed by atoms with Gasteiger partial charge in [-0.15, -0.1) is 0 Å². The molecule has 10 heteroatoms. The maximum Gasteiger partial charge on any atom is 0.434 e. The van der Waals surface area contributed by atoms with Crippen LogP contribution in [-0.2, 0) is 11.7 Å². The van der Waals surface area contributed by atoms with E-state index in [-0.39, 0.29) is 12.8 Å². The van der Waals surface area contributed by atoms with Gasteiger partial charge in [0.05, 0.1) is 11.2 Å². The van der Waals surface area contributed by atoms with Gasteiger partial charge in [-0.1, -0.05) is 6.07 Å². The lowest BCUT2D eigenvalue weighted by Gasteiger charge is -2.44. The summed E-state index contributed by atoms with van der Waals surface area (Å²) in [6.45, 7) is 0. The number of carboxylic acids is 1. The van der Waals surface area contributed by atoms with Crippen molar-refractivity contribution in [2.24, 2.45) is 0 Å². The van der Waals surface area contributed by atoms with Crippen molar-refractivity contribution in [2.45, 2.75) is 30.7 Å². The largest absolute Gasteiger partial charge is 0.478 e. The molecule has 1 saturated carbocycles. The Bertz CT molecular complexity index is 792. The Morgan fingerprint density at radius 1 is 1.28 bits per heavy atom. The number of carbonyl (C=O) groups is 1. The van der Waals surface area contributed by atoms with Gasteiger partial charge >= 0.3 is 12.1 Å². The normalized spacial score (nSPS) is 23.0. The smallest absolute Gasteiger partial charge is 0.434 e. The fourth-order valence-corrected chi connectivity index (χ4v) is 2.75. The third kappa shape index (κ3) is 3.24. The van der Waals surface area contributed by atoms with Crippen molar-refractivity contribution in [3.05, 3.63) is 47.5 Å². The van der Waals surface area contributed by atoms with Crippen LogP contribution in [0.1, 0.15) is 34.6 Å². The second-order valence-electron chi connectivity index (χ2n) is 5.69. The average Bonchev–Trinajstić information content (AvgIpc) is 2.53. The number of hydrogen-bond donors (Lipinski definition) is 2. The molecule has 6 nitrogen and oxygen atoms in total. The van der Waals surface area contributed by atoms with Crippen molar-refractivity contribution in [2.75, 3.05) is 5.32 Å². The van der Waals surface area contributed by atoms with Gasteiger partial charge in [0.15, 0.2) is 5.69 Å². The van der Waals surface area contributed by atoms with Crippen molar-refractivity contribution in [1.29, 1.82) is 0 Å². The quantitative estimate of drug-likeness (QED) is 0.819. The minimum absolute atomic E-state index is 0.00456. The van der Waals surface area contributed by atoms with Crippen LogP contribution in [0.3, 0.4) is 0 Å². The van der Waals surface area contributed by atoms with Crippen LogP contribution in [0.4, 0.5) is 23.5 Å². The molecule has 0 aromatic carbocycles. The highest BCUT2D eigenvalue weighted by Gasteiger charge is 2.48. The van der Waals surface area contributed by atoms with E-state index >= 15 is 0 Å². The van der Waals surface area contributed by atoms with Gasteiger partial charge < -0.3 is 10.4 Å². The molecule has 2 aromatic heterocycles. The highest BCUT2D eigenvalue weighted by atomic mass is 19.4. The Hall–Kier alpha value is -2.78. The summed E-state index contributed by atoms with van der Waals surface area (Å²) >= 11 is 0. The molecule has 2 heterocycles. The highest BCUT2D eigenvalue weighted by molar-refractivity contribution is 5.88. The molecular formula is C15H12F4N4O2. The van der Waals surface area contributed by atoms with E-state index in [1.54, 1.807) is 18.2 Å². The summed E-state index contributed by atoms with van der Waals surface area (Å²) in [5.41, 5.74) is -3.20. The zero-order valence-electron chi connectivity index (χ0n) is 12.6. The van der Waals surface area contributed by atoms with Crippen molar-refractivity contribution in [3.8, 4) is 0 Å². The van der Waals surface area contributed by atoms with Gasteiger partial charge in [-0.25, -0.2) is 19.2 Å². The lowest BCUT2D eigenvalue weighted by atomic mass is 9.72. The zero-order valence-corrected chi connectivity index (χ0v) is 12.6. The van der Waals surface area contributed by atoms with Crippen LogP contribution in [0, 0.1) is 0 Å². The molecule has 0 unspecified atom stereocenters. The van der Waals surface area contributed by atoms with E-state index < -0.39 is 41.1 Å². The van der Waals surface area contributed by atoms with Crippen molar-refractivity contribution in [3.63, 3.8) is 0 Å². The summed E-state index contributed by atoms with van der Waals surface area (Å²) in [6, 6.07) is 4.95. The molecule has 2 N–H and O–H groups in total. The molecule has 0 spiro atoms. The summed E-state index contributed by atoms with van der Waals surface area (Å²) < 4.78 is 52.6. The minimum Gasteiger partial charge on any atom is -0.478 e. The predicted molar refractivity (Wildman–Crippen MR) is 77.7 cm³/mol. The van der Waals surface area contributed by atoms with E-state index in [1.165, 1.54) is 6.20 Å². The first-order valence-electron chi connectivity index (χ1n) is 7.22. The first-order valence-corrected chi connectivity index (χ1v) is 7.22. The molecule has 25 heavy (non-hydrogen) atoms. The number of aromatic carboxylic acids is 1. The second-order valence-corrected chi connectivity index (χ2v) is 5.69. The topological polar surface area (TPSA) is 88.0 Å². The lowest BCUT2D eigenvalue weighted by molar-refractivity contribution is -0.141. The summed E-state index contributed by atoms with van der Waals surface area (Å²) in [5.74, 6) is -2.22. The van der Waals surface area contributed by atoms with Crippen LogP contribution >= 0.6 is 0 Å². The van der Waals surface area contributed by atoms with E-state index in [0.29, 0.717) is 11.9 Å². The zero-order chi connectivity index (χ0) is 18.2. The summed E-state index contributed by atoms with van der Waals surface area (Å²) in [7, 11) is 0. The molecule has 0 amide bonds. The fraction of sp³-hybridized carbons (Fsp3) is 0.333. The number of nitrogens with one attached hydrogen (secondary N) is 1. The number of carboxylic acid groups (broad SMARTS) is 1. The molecule has 0 aliphatic heterocycles. The number of pyridine rings is 1. The molecule has 0 saturated heterocycles. The van der Waals surface area contributed by atoms with Crippen LogP contribution in [-0.4, -0.2) is 32.2 Å². The minimum atomic E-state index is -4.96. The molecular weight excluding hydrogens is 344 g/mol. The fourth-order valence-electron chi connectivity index (χ4n) is 2.75. The Kier molecular flexibility index (Phi) is 4.05. The second kappa shape index (κ2) is 5.94. The molecule has 0 atom stereocenters. The Labute approximate surface area is 138 Å². The lowest BCUT2D eigenvalue weighted by Crippen LogP contribution is -2.49. The van der Waals surface area contributed by atoms with Crippen LogP contribution in [0.2, 0.25) is 0 Å². The molecule has 1 aliphatic carbocycles. The molecule has 3 rings (SSSR count). The van der Waals surface area contributed by atoms with Gasteiger partial charge in [0.25, 0.3) is 0 Å². The summed E-state index contributed by atoms with van der Waals surface area (Å²) in [6.07, 6.45) is -4.04. The van der Waals surface area contributed by atoms with E-state index in [1.807, 2.05) is 0 Å². The van der Waals surface area contributed by atoms with Crippen molar-refractivity contribution >= 4 is 11.9 Å². The first kappa shape index (κ1) is 17.1. The molecule has 1 aliphatic rings. The van der Waals surface area contributed by atoms with E-state index in [0.717, 1.165) is 0 Å². The molecule has 0 bridgehead atoms. The molecule has 132 valence electrons. The van der Waals surface area contributed by atoms with Crippen LogP contribution in [0.15, 0.2) is 30.6 Å². The van der Waals surface area contributed by atoms with Crippen LogP contribution in [0.25, 0.3) is 0 Å². The van der Waals surface area contributed by atoms with Gasteiger partial charge in [0, 0.05) is 25.2 Å². The van der Waals surface area contributed by atoms with Crippen molar-refractivity contribution < 1.29 is 27.5 Å². The first-order chi connectivity index (χ1) is 11.7. The number of nitrogens with zero attached hydrogens (tertiary/aromatic N) is 3. The van der Waals surface area contributed by atoms with Gasteiger partial charge in [0.2, 0.25) is 5.95 Å². The molecule has 0 radical (unpaired) electrons. The van der Waals surface area contributed by atoms with E-state index in [4.69, 9.17) is 5.11 Å². The van der Waals surface area contributed by atoms with Gasteiger partial charge in [-0.05, 0) is 12.1 Å². The Morgan fingerprint density at radius 3 is 2.52 bits per heavy atom. The predicted octanol–water partition coefficient (Wildman–Crippen LogP) is 3.03. The van der Waals surface area contributed by atoms with E-state index in [2.05, 4.69) is 20.3 Å². The van der Waals surface area contributed by atoms with Gasteiger partial charge in [-0.2, -0.15) is 13.2 Å². The third-order valence-electron chi connectivity index (χ3n) is 3.93. The summed E-state index contributed by atoms with van der Waals surface area (Å²) in [4.78, 5) is 22.0. The average molecular weight is 356 g/mol. The number of anilines is 1. The molecule has 2 aromatic rings. The van der Waals surface area contributed by atoms with Crippen LogP contribution in [0.5, 0.6) is 0 Å². The SMILES string of the molecule is O=C(O)c1cnc(NC2(c3ccccn3)CC(F)C2)nc1C(F)(F)F. The maximum atomic E-state index is 13.5. The summed E-state index contributed by atoms with van der Waals surface area (Å²) in [5, 5.41) is 11.6. The van der Waals surface area contributed by atoms with Crippen molar-refractivity contribution in [1.82, 2.24) is 15.0 Å². The number of aromatic nitrogens is 3. The van der Waals surface area contributed by atoms with Gasteiger partial charge in [-0.3, -0.25) is 4.98 Å². The van der Waals surface area contributed by atoms with E-state index in [9.17, 15) is 22.4 Å². The number of alkyl halides is 4. The number of hydrogen-bond acceptors (Lipinski definition) is 5.